The molecule has 7 heteroatoms. The van der Waals surface area contributed by atoms with Crippen LogP contribution in [0.5, 0.6) is 0 Å². The fourth-order valence-electron chi connectivity index (χ4n) is 3.19. The molecule has 1 aliphatic rings. The van der Waals surface area contributed by atoms with Crippen molar-refractivity contribution in [3.63, 3.8) is 0 Å². The Morgan fingerprint density at radius 2 is 1.36 bits per heavy atom. The molecule has 0 spiro atoms. The van der Waals surface area contributed by atoms with Crippen molar-refractivity contribution in [3.05, 3.63) is 71.8 Å². The molecule has 0 amide bonds. The van der Waals surface area contributed by atoms with Gasteiger partial charge in [-0.3, -0.25) is 0 Å². The topological polar surface area (TPSA) is 113 Å². The zero-order valence-electron chi connectivity index (χ0n) is 15.0. The summed E-state index contributed by atoms with van der Waals surface area (Å²) in [5, 5.41) is 30.8. The average molecular weight is 386 g/mol. The van der Waals surface area contributed by atoms with Gasteiger partial charge in [-0.1, -0.05) is 36.4 Å². The second-order valence-corrected chi connectivity index (χ2v) is 6.74. The Bertz CT molecular complexity index is 793. The average Bonchev–Trinajstić information content (AvgIpc) is 2.73. The first-order valence-electron chi connectivity index (χ1n) is 8.99. The number of hydrogen-bond donors (Lipinski definition) is 3. The molecule has 1 fully saturated rings. The smallest absolute Gasteiger partial charge is 0.338 e. The first kappa shape index (κ1) is 20.0. The van der Waals surface area contributed by atoms with E-state index in [0.717, 1.165) is 0 Å². The van der Waals surface area contributed by atoms with Crippen molar-refractivity contribution < 1.29 is 34.4 Å². The van der Waals surface area contributed by atoms with Crippen LogP contribution in [-0.2, 0) is 9.47 Å². The van der Waals surface area contributed by atoms with E-state index in [0.29, 0.717) is 5.56 Å². The van der Waals surface area contributed by atoms with Gasteiger partial charge in [-0.05, 0) is 30.7 Å². The summed E-state index contributed by atoms with van der Waals surface area (Å²) < 4.78 is 10.5. The van der Waals surface area contributed by atoms with Crippen molar-refractivity contribution >= 4 is 11.9 Å². The van der Waals surface area contributed by atoms with Gasteiger partial charge in [0.2, 0.25) is 0 Å². The second kappa shape index (κ2) is 8.97. The highest BCUT2D eigenvalue weighted by atomic mass is 16.6. The molecule has 0 aromatic heterocycles. The molecule has 7 nitrogen and oxygen atoms in total. The third-order valence-corrected chi connectivity index (χ3v) is 4.79. The van der Waals surface area contributed by atoms with Gasteiger partial charge in [-0.25, -0.2) is 9.59 Å². The zero-order chi connectivity index (χ0) is 20.1. The fraction of sp³-hybridized carbons (Fsp3) is 0.333. The number of carbonyl (C=O) groups excluding carboxylic acids is 2. The molecule has 2 aromatic carbocycles. The van der Waals surface area contributed by atoms with E-state index in [1.165, 1.54) is 0 Å². The lowest BCUT2D eigenvalue weighted by Crippen LogP contribution is -2.56. The lowest BCUT2D eigenvalue weighted by Gasteiger charge is -2.39. The standard InChI is InChI=1S/C21H22O7/c22-16-11-15(12-27-20(25)13-7-3-1-4-8-13)17(23)19(18(16)24)28-21(26)14-9-5-2-6-10-14/h1-10,15-19,22-24H,11-12H2/t15-,16+,17-,18+,19+/m1/s1. The van der Waals surface area contributed by atoms with Crippen molar-refractivity contribution in [3.8, 4) is 0 Å². The molecule has 2 aromatic rings. The maximum absolute atomic E-state index is 12.3. The van der Waals surface area contributed by atoms with Gasteiger partial charge in [0.05, 0.1) is 29.9 Å². The molecular weight excluding hydrogens is 364 g/mol. The van der Waals surface area contributed by atoms with Crippen molar-refractivity contribution in [2.75, 3.05) is 6.61 Å². The summed E-state index contributed by atoms with van der Waals surface area (Å²) in [6.45, 7) is -0.182. The first-order chi connectivity index (χ1) is 13.5. The molecule has 0 unspecified atom stereocenters. The Morgan fingerprint density at radius 3 is 1.93 bits per heavy atom. The van der Waals surface area contributed by atoms with E-state index < -0.39 is 42.3 Å². The molecular formula is C21H22O7. The Balaban J connectivity index is 1.65. The summed E-state index contributed by atoms with van der Waals surface area (Å²) in [5.74, 6) is -1.98. The fourth-order valence-corrected chi connectivity index (χ4v) is 3.19. The molecule has 3 rings (SSSR count). The monoisotopic (exact) mass is 386 g/mol. The number of ether oxygens (including phenoxy) is 2. The van der Waals surface area contributed by atoms with E-state index >= 15 is 0 Å². The van der Waals surface area contributed by atoms with Crippen molar-refractivity contribution in [2.24, 2.45) is 5.92 Å². The van der Waals surface area contributed by atoms with Gasteiger partial charge < -0.3 is 24.8 Å². The highest BCUT2D eigenvalue weighted by Gasteiger charge is 2.45. The molecule has 148 valence electrons. The highest BCUT2D eigenvalue weighted by Crippen LogP contribution is 2.29. The molecule has 0 bridgehead atoms. The normalized spacial score (nSPS) is 27.0. The van der Waals surface area contributed by atoms with Gasteiger partial charge >= 0.3 is 11.9 Å². The number of rotatable bonds is 5. The summed E-state index contributed by atoms with van der Waals surface area (Å²) in [6, 6.07) is 16.5. The van der Waals surface area contributed by atoms with Gasteiger partial charge in [0.25, 0.3) is 0 Å². The number of hydrogen-bond acceptors (Lipinski definition) is 7. The summed E-state index contributed by atoms with van der Waals surface area (Å²) >= 11 is 0. The van der Waals surface area contributed by atoms with Crippen molar-refractivity contribution in [1.82, 2.24) is 0 Å². The van der Waals surface area contributed by atoms with Crippen molar-refractivity contribution in [1.29, 1.82) is 0 Å². The quantitative estimate of drug-likeness (QED) is 0.661. The summed E-state index contributed by atoms with van der Waals surface area (Å²) in [7, 11) is 0. The predicted molar refractivity (Wildman–Crippen MR) is 98.5 cm³/mol. The Hall–Kier alpha value is -2.74. The van der Waals surface area contributed by atoms with E-state index in [2.05, 4.69) is 0 Å². The minimum Gasteiger partial charge on any atom is -0.462 e. The second-order valence-electron chi connectivity index (χ2n) is 6.74. The van der Waals surface area contributed by atoms with Crippen LogP contribution in [0.4, 0.5) is 0 Å². The third-order valence-electron chi connectivity index (χ3n) is 4.79. The number of aliphatic hydroxyl groups is 3. The van der Waals surface area contributed by atoms with Crippen LogP contribution < -0.4 is 0 Å². The molecule has 0 aliphatic heterocycles. The third kappa shape index (κ3) is 4.56. The first-order valence-corrected chi connectivity index (χ1v) is 8.99. The maximum atomic E-state index is 12.3. The van der Waals surface area contributed by atoms with Gasteiger partial charge in [-0.15, -0.1) is 0 Å². The van der Waals surface area contributed by atoms with Crippen LogP contribution >= 0.6 is 0 Å². The Kier molecular flexibility index (Phi) is 6.41. The number of carbonyl (C=O) groups is 2. The highest BCUT2D eigenvalue weighted by molar-refractivity contribution is 5.89. The largest absolute Gasteiger partial charge is 0.462 e. The van der Waals surface area contributed by atoms with Gasteiger partial charge in [0.15, 0.2) is 6.10 Å². The zero-order valence-corrected chi connectivity index (χ0v) is 15.0. The maximum Gasteiger partial charge on any atom is 0.338 e. The lowest BCUT2D eigenvalue weighted by atomic mass is 9.81. The Labute approximate surface area is 162 Å². The van der Waals surface area contributed by atoms with E-state index in [-0.39, 0.29) is 18.6 Å². The summed E-state index contributed by atoms with van der Waals surface area (Å²) in [4.78, 5) is 24.3. The van der Waals surface area contributed by atoms with Crippen LogP contribution in [-0.4, -0.2) is 58.3 Å². The van der Waals surface area contributed by atoms with Gasteiger partial charge in [0.1, 0.15) is 6.10 Å². The van der Waals surface area contributed by atoms with Crippen molar-refractivity contribution in [2.45, 2.75) is 30.8 Å². The van der Waals surface area contributed by atoms with Crippen LogP contribution in [0.2, 0.25) is 0 Å². The number of esters is 2. The van der Waals surface area contributed by atoms with E-state index in [4.69, 9.17) is 9.47 Å². The molecule has 28 heavy (non-hydrogen) atoms. The van der Waals surface area contributed by atoms with E-state index in [1.54, 1.807) is 60.7 Å². The summed E-state index contributed by atoms with van der Waals surface area (Å²) in [5.41, 5.74) is 0.620. The van der Waals surface area contributed by atoms with Crippen LogP contribution in [0.1, 0.15) is 27.1 Å². The molecule has 1 saturated carbocycles. The minimum atomic E-state index is -1.44. The lowest BCUT2D eigenvalue weighted by molar-refractivity contribution is -0.165. The van der Waals surface area contributed by atoms with Gasteiger partial charge in [0, 0.05) is 5.92 Å². The van der Waals surface area contributed by atoms with Gasteiger partial charge in [-0.2, -0.15) is 0 Å². The molecule has 0 saturated heterocycles. The molecule has 3 N–H and O–H groups in total. The molecule has 0 radical (unpaired) electrons. The number of aliphatic hydroxyl groups excluding tert-OH is 3. The van der Waals surface area contributed by atoms with Crippen LogP contribution in [0.25, 0.3) is 0 Å². The summed E-state index contributed by atoms with van der Waals surface area (Å²) in [6.07, 6.45) is -5.29. The molecule has 5 atom stereocenters. The SMILES string of the molecule is O=C(OC[C@H]1C[C@H](O)[C@H](O)[C@@H](OC(=O)c2ccccc2)[C@@H]1O)c1ccccc1. The van der Waals surface area contributed by atoms with E-state index in [9.17, 15) is 24.9 Å². The van der Waals surface area contributed by atoms with E-state index in [1.807, 2.05) is 0 Å². The molecule has 1 aliphatic carbocycles. The predicted octanol–water partition coefficient (Wildman–Crippen LogP) is 1.17. The number of benzene rings is 2. The van der Waals surface area contributed by atoms with Crippen LogP contribution in [0.15, 0.2) is 60.7 Å². The Morgan fingerprint density at radius 1 is 0.821 bits per heavy atom. The molecule has 0 heterocycles. The van der Waals surface area contributed by atoms with Crippen LogP contribution in [0, 0.1) is 5.92 Å². The van der Waals surface area contributed by atoms with Crippen LogP contribution in [0.3, 0.4) is 0 Å². The minimum absolute atomic E-state index is 0.00376.